The maximum Gasteiger partial charge on any atom is 0.00934 e. The van der Waals surface area contributed by atoms with Crippen LogP contribution in [0.15, 0.2) is 0 Å². The predicted molar refractivity (Wildman–Crippen MR) is 69.6 cm³/mol. The SMILES string of the molecule is CNC1CCC(N(C)CC2CC(C)C2)CC1. The lowest BCUT2D eigenvalue weighted by Crippen LogP contribution is -2.43. The summed E-state index contributed by atoms with van der Waals surface area (Å²) in [6, 6.07) is 1.65. The number of nitrogens with zero attached hydrogens (tertiary/aromatic N) is 1. The smallest absolute Gasteiger partial charge is 0.00934 e. The Balaban J connectivity index is 1.67. The van der Waals surface area contributed by atoms with Crippen LogP contribution in [0.25, 0.3) is 0 Å². The van der Waals surface area contributed by atoms with E-state index in [1.807, 2.05) is 0 Å². The molecule has 0 aromatic rings. The minimum Gasteiger partial charge on any atom is -0.317 e. The van der Waals surface area contributed by atoms with Gasteiger partial charge in [-0.3, -0.25) is 0 Å². The highest BCUT2D eigenvalue weighted by Gasteiger charge is 2.29. The van der Waals surface area contributed by atoms with E-state index >= 15 is 0 Å². The summed E-state index contributed by atoms with van der Waals surface area (Å²) in [6.07, 6.45) is 8.46. The van der Waals surface area contributed by atoms with Crippen LogP contribution in [0.3, 0.4) is 0 Å². The molecule has 0 heterocycles. The van der Waals surface area contributed by atoms with Gasteiger partial charge in [0.2, 0.25) is 0 Å². The first-order chi connectivity index (χ1) is 7.69. The molecule has 2 saturated carbocycles. The summed E-state index contributed by atoms with van der Waals surface area (Å²) in [5.41, 5.74) is 0. The first-order valence-corrected chi connectivity index (χ1v) is 7.06. The summed E-state index contributed by atoms with van der Waals surface area (Å²) in [6.45, 7) is 3.73. The number of hydrogen-bond acceptors (Lipinski definition) is 2. The maximum absolute atomic E-state index is 3.41. The van der Waals surface area contributed by atoms with Crippen LogP contribution in [-0.4, -0.2) is 37.6 Å². The molecule has 0 aromatic carbocycles. The third-order valence-electron chi connectivity index (χ3n) is 4.75. The molecule has 0 spiro atoms. The average Bonchev–Trinajstić information content (AvgIpc) is 2.27. The first kappa shape index (κ1) is 12.4. The fourth-order valence-electron chi connectivity index (χ4n) is 3.58. The Hall–Kier alpha value is -0.0800. The second-order valence-electron chi connectivity index (χ2n) is 6.18. The highest BCUT2D eigenvalue weighted by molar-refractivity contribution is 4.84. The normalized spacial score (nSPS) is 39.8. The second kappa shape index (κ2) is 5.50. The molecule has 0 bridgehead atoms. The largest absolute Gasteiger partial charge is 0.317 e. The van der Waals surface area contributed by atoms with Gasteiger partial charge in [0.05, 0.1) is 0 Å². The molecule has 0 amide bonds. The van der Waals surface area contributed by atoms with E-state index in [0.717, 1.165) is 23.9 Å². The maximum atomic E-state index is 3.41. The van der Waals surface area contributed by atoms with E-state index in [9.17, 15) is 0 Å². The number of hydrogen-bond donors (Lipinski definition) is 1. The molecule has 0 atom stereocenters. The van der Waals surface area contributed by atoms with Crippen molar-refractivity contribution in [2.24, 2.45) is 11.8 Å². The topological polar surface area (TPSA) is 15.3 Å². The molecule has 0 unspecified atom stereocenters. The fraction of sp³-hybridized carbons (Fsp3) is 1.00. The first-order valence-electron chi connectivity index (χ1n) is 7.06. The monoisotopic (exact) mass is 224 g/mol. The third kappa shape index (κ3) is 2.98. The van der Waals surface area contributed by atoms with Gasteiger partial charge in [0.25, 0.3) is 0 Å². The van der Waals surface area contributed by atoms with E-state index in [1.165, 1.54) is 45.1 Å². The molecule has 1 N–H and O–H groups in total. The molecular formula is C14H28N2. The van der Waals surface area contributed by atoms with E-state index in [4.69, 9.17) is 0 Å². The molecule has 2 aliphatic carbocycles. The van der Waals surface area contributed by atoms with E-state index in [1.54, 1.807) is 0 Å². The van der Waals surface area contributed by atoms with E-state index in [2.05, 4.69) is 31.2 Å². The summed E-state index contributed by atoms with van der Waals surface area (Å²) in [5, 5.41) is 3.41. The Morgan fingerprint density at radius 3 is 2.25 bits per heavy atom. The van der Waals surface area contributed by atoms with E-state index < -0.39 is 0 Å². The Morgan fingerprint density at radius 2 is 1.75 bits per heavy atom. The lowest BCUT2D eigenvalue weighted by Gasteiger charge is -2.40. The summed E-state index contributed by atoms with van der Waals surface area (Å²) < 4.78 is 0. The van der Waals surface area contributed by atoms with Crippen molar-refractivity contribution >= 4 is 0 Å². The zero-order valence-corrected chi connectivity index (χ0v) is 11.2. The van der Waals surface area contributed by atoms with E-state index in [-0.39, 0.29) is 0 Å². The van der Waals surface area contributed by atoms with E-state index in [0.29, 0.717) is 0 Å². The zero-order valence-electron chi connectivity index (χ0n) is 11.2. The Kier molecular flexibility index (Phi) is 4.26. The highest BCUT2D eigenvalue weighted by Crippen LogP contribution is 2.34. The Morgan fingerprint density at radius 1 is 1.12 bits per heavy atom. The van der Waals surface area contributed by atoms with Crippen LogP contribution >= 0.6 is 0 Å². The summed E-state index contributed by atoms with van der Waals surface area (Å²) in [7, 11) is 4.44. The molecule has 16 heavy (non-hydrogen) atoms. The third-order valence-corrected chi connectivity index (χ3v) is 4.75. The molecule has 0 radical (unpaired) electrons. The molecule has 2 heteroatoms. The number of rotatable bonds is 4. The lowest BCUT2D eigenvalue weighted by molar-refractivity contribution is 0.102. The molecule has 2 fully saturated rings. The van der Waals surface area contributed by atoms with Gasteiger partial charge >= 0.3 is 0 Å². The fourth-order valence-corrected chi connectivity index (χ4v) is 3.58. The minimum atomic E-state index is 0.786. The van der Waals surface area contributed by atoms with Crippen molar-refractivity contribution in [3.63, 3.8) is 0 Å². The van der Waals surface area contributed by atoms with Crippen molar-refractivity contribution in [1.82, 2.24) is 10.2 Å². The molecule has 0 aromatic heterocycles. The average molecular weight is 224 g/mol. The quantitative estimate of drug-likeness (QED) is 0.789. The van der Waals surface area contributed by atoms with Crippen molar-refractivity contribution in [3.8, 4) is 0 Å². The summed E-state index contributed by atoms with van der Waals surface area (Å²) in [4.78, 5) is 2.64. The van der Waals surface area contributed by atoms with Crippen molar-refractivity contribution in [2.45, 2.75) is 57.5 Å². The van der Waals surface area contributed by atoms with Crippen molar-refractivity contribution in [1.29, 1.82) is 0 Å². The molecule has 94 valence electrons. The van der Waals surface area contributed by atoms with Crippen LogP contribution in [0, 0.1) is 11.8 Å². The molecular weight excluding hydrogens is 196 g/mol. The van der Waals surface area contributed by atoms with Crippen LogP contribution in [0.2, 0.25) is 0 Å². The lowest BCUT2D eigenvalue weighted by atomic mass is 9.75. The van der Waals surface area contributed by atoms with Gasteiger partial charge in [0.15, 0.2) is 0 Å². The molecule has 2 nitrogen and oxygen atoms in total. The van der Waals surface area contributed by atoms with Gasteiger partial charge in [-0.05, 0) is 64.5 Å². The van der Waals surface area contributed by atoms with Gasteiger partial charge in [0.1, 0.15) is 0 Å². The van der Waals surface area contributed by atoms with Gasteiger partial charge in [-0.2, -0.15) is 0 Å². The van der Waals surface area contributed by atoms with Crippen LogP contribution < -0.4 is 5.32 Å². The van der Waals surface area contributed by atoms with Crippen LogP contribution in [0.5, 0.6) is 0 Å². The van der Waals surface area contributed by atoms with Gasteiger partial charge in [-0.15, -0.1) is 0 Å². The van der Waals surface area contributed by atoms with Gasteiger partial charge < -0.3 is 10.2 Å². The standard InChI is InChI=1S/C14H28N2/c1-11-8-12(9-11)10-16(3)14-6-4-13(15-2)5-7-14/h11-15H,4-10H2,1-3H3. The Labute approximate surface area is 101 Å². The minimum absolute atomic E-state index is 0.786. The van der Waals surface area contributed by atoms with Crippen molar-refractivity contribution < 1.29 is 0 Å². The number of nitrogens with one attached hydrogen (secondary N) is 1. The van der Waals surface area contributed by atoms with Gasteiger partial charge in [0, 0.05) is 18.6 Å². The van der Waals surface area contributed by atoms with Gasteiger partial charge in [-0.1, -0.05) is 6.92 Å². The van der Waals surface area contributed by atoms with Crippen LogP contribution in [0.4, 0.5) is 0 Å². The molecule has 0 aliphatic heterocycles. The van der Waals surface area contributed by atoms with Crippen molar-refractivity contribution in [3.05, 3.63) is 0 Å². The molecule has 0 saturated heterocycles. The van der Waals surface area contributed by atoms with Crippen molar-refractivity contribution in [2.75, 3.05) is 20.6 Å². The van der Waals surface area contributed by atoms with Gasteiger partial charge in [-0.25, -0.2) is 0 Å². The van der Waals surface area contributed by atoms with Crippen LogP contribution in [-0.2, 0) is 0 Å². The highest BCUT2D eigenvalue weighted by atomic mass is 15.1. The summed E-state index contributed by atoms with van der Waals surface area (Å²) in [5.74, 6) is 2.00. The summed E-state index contributed by atoms with van der Waals surface area (Å²) >= 11 is 0. The Bertz CT molecular complexity index is 203. The van der Waals surface area contributed by atoms with Crippen LogP contribution in [0.1, 0.15) is 45.4 Å². The zero-order chi connectivity index (χ0) is 11.5. The second-order valence-corrected chi connectivity index (χ2v) is 6.18. The molecule has 2 aliphatic rings. The predicted octanol–water partition coefficient (Wildman–Crippen LogP) is 2.49. The molecule has 2 rings (SSSR count).